The van der Waals surface area contributed by atoms with E-state index < -0.39 is 15.8 Å². The third-order valence-electron chi connectivity index (χ3n) is 1.13. The zero-order valence-electron chi connectivity index (χ0n) is 7.78. The molecule has 0 spiro atoms. The van der Waals surface area contributed by atoms with Gasteiger partial charge in [-0.25, -0.2) is 13.1 Å². The van der Waals surface area contributed by atoms with Crippen LogP contribution in [0.3, 0.4) is 0 Å². The van der Waals surface area contributed by atoms with Crippen molar-refractivity contribution in [1.29, 1.82) is 5.26 Å². The Kier molecular flexibility index (Phi) is 5.62. The minimum Gasteiger partial charge on any atom is -0.377 e. The minimum atomic E-state index is -3.42. The molecule has 0 bridgehead atoms. The van der Waals surface area contributed by atoms with E-state index in [1.165, 1.54) is 0 Å². The molecule has 0 fully saturated rings. The molecule has 0 aromatic heterocycles. The van der Waals surface area contributed by atoms with E-state index in [-0.39, 0.29) is 12.6 Å². The first-order chi connectivity index (χ1) is 5.98. The van der Waals surface area contributed by atoms with Crippen LogP contribution in [0.5, 0.6) is 0 Å². The summed E-state index contributed by atoms with van der Waals surface area (Å²) in [5.41, 5.74) is 0. The van der Waals surface area contributed by atoms with E-state index >= 15 is 0 Å². The third kappa shape index (κ3) is 7.71. The number of nitriles is 1. The quantitative estimate of drug-likeness (QED) is 0.613. The molecule has 0 saturated carbocycles. The fraction of sp³-hybridized carbons (Fsp3) is 0.857. The van der Waals surface area contributed by atoms with Crippen molar-refractivity contribution in [2.75, 3.05) is 18.9 Å². The van der Waals surface area contributed by atoms with E-state index in [1.807, 2.05) is 13.8 Å². The van der Waals surface area contributed by atoms with Gasteiger partial charge in [-0.15, -0.1) is 0 Å². The van der Waals surface area contributed by atoms with Gasteiger partial charge in [0.05, 0.1) is 18.8 Å². The highest BCUT2D eigenvalue weighted by molar-refractivity contribution is 7.89. The first kappa shape index (κ1) is 12.4. The summed E-state index contributed by atoms with van der Waals surface area (Å²) in [6.07, 6.45) is 0.0838. The highest BCUT2D eigenvalue weighted by Crippen LogP contribution is 1.86. The van der Waals surface area contributed by atoms with Crippen molar-refractivity contribution in [2.24, 2.45) is 0 Å². The van der Waals surface area contributed by atoms with Crippen LogP contribution in [0, 0.1) is 11.3 Å². The van der Waals surface area contributed by atoms with Gasteiger partial charge in [-0.05, 0) is 13.8 Å². The molecule has 0 heterocycles. The average Bonchev–Trinajstić information content (AvgIpc) is 1.98. The molecule has 0 aromatic rings. The zero-order chi connectivity index (χ0) is 10.3. The van der Waals surface area contributed by atoms with Gasteiger partial charge in [-0.2, -0.15) is 5.26 Å². The second-order valence-corrected chi connectivity index (χ2v) is 4.54. The summed E-state index contributed by atoms with van der Waals surface area (Å²) >= 11 is 0. The van der Waals surface area contributed by atoms with E-state index in [2.05, 4.69) is 4.72 Å². The van der Waals surface area contributed by atoms with Gasteiger partial charge in [-0.1, -0.05) is 0 Å². The Morgan fingerprint density at radius 1 is 1.54 bits per heavy atom. The number of ether oxygens (including phenoxy) is 1. The van der Waals surface area contributed by atoms with Crippen molar-refractivity contribution >= 4 is 10.0 Å². The molecule has 13 heavy (non-hydrogen) atoms. The molecule has 5 nitrogen and oxygen atoms in total. The maximum Gasteiger partial charge on any atom is 0.225 e. The van der Waals surface area contributed by atoms with Crippen LogP contribution >= 0.6 is 0 Å². The molecule has 0 unspecified atom stereocenters. The van der Waals surface area contributed by atoms with Gasteiger partial charge in [0.25, 0.3) is 0 Å². The molecular formula is C7H14N2O3S. The minimum absolute atomic E-state index is 0.0838. The average molecular weight is 206 g/mol. The molecule has 0 radical (unpaired) electrons. The predicted octanol–water partition coefficient (Wildman–Crippen LogP) is -0.146. The molecule has 1 N–H and O–H groups in total. The SMILES string of the molecule is CC(C)OCCNS(=O)(=O)CC#N. The van der Waals surface area contributed by atoms with E-state index in [0.29, 0.717) is 6.61 Å². The van der Waals surface area contributed by atoms with Crippen molar-refractivity contribution in [2.45, 2.75) is 20.0 Å². The van der Waals surface area contributed by atoms with Gasteiger partial charge in [0.2, 0.25) is 10.0 Å². The smallest absolute Gasteiger partial charge is 0.225 e. The summed E-state index contributed by atoms with van der Waals surface area (Å²) in [5.74, 6) is -0.505. The Labute approximate surface area is 78.7 Å². The van der Waals surface area contributed by atoms with Crippen LogP contribution in [0.4, 0.5) is 0 Å². The van der Waals surface area contributed by atoms with Gasteiger partial charge in [-0.3, -0.25) is 0 Å². The highest BCUT2D eigenvalue weighted by Gasteiger charge is 2.07. The monoisotopic (exact) mass is 206 g/mol. The van der Waals surface area contributed by atoms with Gasteiger partial charge < -0.3 is 4.74 Å². The molecule has 6 heteroatoms. The van der Waals surface area contributed by atoms with Crippen molar-refractivity contribution in [3.63, 3.8) is 0 Å². The lowest BCUT2D eigenvalue weighted by Gasteiger charge is -2.07. The molecule has 0 aromatic carbocycles. The van der Waals surface area contributed by atoms with Crippen molar-refractivity contribution < 1.29 is 13.2 Å². The van der Waals surface area contributed by atoms with Crippen LogP contribution in [-0.2, 0) is 14.8 Å². The summed E-state index contributed by atoms with van der Waals surface area (Å²) in [7, 11) is -3.42. The van der Waals surface area contributed by atoms with Crippen molar-refractivity contribution in [3.8, 4) is 6.07 Å². The van der Waals surface area contributed by atoms with Gasteiger partial charge in [0, 0.05) is 6.54 Å². The van der Waals surface area contributed by atoms with E-state index in [4.69, 9.17) is 10.00 Å². The lowest BCUT2D eigenvalue weighted by molar-refractivity contribution is 0.0834. The van der Waals surface area contributed by atoms with Crippen molar-refractivity contribution in [1.82, 2.24) is 4.72 Å². The van der Waals surface area contributed by atoms with Crippen LogP contribution in [0.25, 0.3) is 0 Å². The number of sulfonamides is 1. The Morgan fingerprint density at radius 3 is 2.62 bits per heavy atom. The number of nitrogens with zero attached hydrogens (tertiary/aromatic N) is 1. The molecular weight excluding hydrogens is 192 g/mol. The maximum absolute atomic E-state index is 10.9. The van der Waals surface area contributed by atoms with Gasteiger partial charge >= 0.3 is 0 Å². The van der Waals surface area contributed by atoms with Crippen LogP contribution in [0.2, 0.25) is 0 Å². The van der Waals surface area contributed by atoms with E-state index in [9.17, 15) is 8.42 Å². The van der Waals surface area contributed by atoms with Gasteiger partial charge in [0.15, 0.2) is 5.75 Å². The lowest BCUT2D eigenvalue weighted by Crippen LogP contribution is -2.29. The molecule has 0 aliphatic rings. The fourth-order valence-corrected chi connectivity index (χ4v) is 1.29. The Bertz CT molecular complexity index is 266. The first-order valence-electron chi connectivity index (χ1n) is 3.94. The Balaban J connectivity index is 3.60. The van der Waals surface area contributed by atoms with Crippen LogP contribution in [0.1, 0.15) is 13.8 Å². The first-order valence-corrected chi connectivity index (χ1v) is 5.59. The van der Waals surface area contributed by atoms with Crippen LogP contribution in [-0.4, -0.2) is 33.4 Å². The summed E-state index contributed by atoms with van der Waals surface area (Å²) in [4.78, 5) is 0. The molecule has 76 valence electrons. The largest absolute Gasteiger partial charge is 0.377 e. The number of hydrogen-bond donors (Lipinski definition) is 1. The molecule has 0 saturated heterocycles. The topological polar surface area (TPSA) is 79.2 Å². The molecule has 0 rings (SSSR count). The Morgan fingerprint density at radius 2 is 2.15 bits per heavy atom. The highest BCUT2D eigenvalue weighted by atomic mass is 32.2. The predicted molar refractivity (Wildman–Crippen MR) is 48.5 cm³/mol. The van der Waals surface area contributed by atoms with E-state index in [1.54, 1.807) is 6.07 Å². The normalized spacial score (nSPS) is 11.5. The number of nitrogens with one attached hydrogen (secondary N) is 1. The lowest BCUT2D eigenvalue weighted by atomic mass is 10.5. The van der Waals surface area contributed by atoms with Gasteiger partial charge in [0.1, 0.15) is 0 Å². The second-order valence-electron chi connectivity index (χ2n) is 2.73. The van der Waals surface area contributed by atoms with Crippen molar-refractivity contribution in [3.05, 3.63) is 0 Å². The standard InChI is InChI=1S/C7H14N2O3S/c1-7(2)12-5-4-9-13(10,11)6-3-8/h7,9H,4-6H2,1-2H3. The molecule has 0 atom stereocenters. The molecule has 0 amide bonds. The van der Waals surface area contributed by atoms with Crippen LogP contribution in [0.15, 0.2) is 0 Å². The Hall–Kier alpha value is -0.640. The zero-order valence-corrected chi connectivity index (χ0v) is 8.60. The van der Waals surface area contributed by atoms with Crippen LogP contribution < -0.4 is 4.72 Å². The summed E-state index contributed by atoms with van der Waals surface area (Å²) < 4.78 is 29.1. The molecule has 0 aliphatic carbocycles. The second kappa shape index (κ2) is 5.91. The van der Waals surface area contributed by atoms with E-state index in [0.717, 1.165) is 0 Å². The number of rotatable bonds is 6. The summed E-state index contributed by atoms with van der Waals surface area (Å²) in [5, 5.41) is 8.15. The number of hydrogen-bond acceptors (Lipinski definition) is 4. The summed E-state index contributed by atoms with van der Waals surface area (Å²) in [6.45, 7) is 4.26. The summed E-state index contributed by atoms with van der Waals surface area (Å²) in [6, 6.07) is 1.57. The fourth-order valence-electron chi connectivity index (χ4n) is 0.628. The molecule has 0 aliphatic heterocycles. The maximum atomic E-state index is 10.9. The third-order valence-corrected chi connectivity index (χ3v) is 2.28.